The number of sulfonamides is 1. The van der Waals surface area contributed by atoms with Gasteiger partial charge in [-0.25, -0.2) is 13.4 Å². The number of carbonyl (C=O) groups excluding carboxylic acids is 2. The van der Waals surface area contributed by atoms with E-state index in [4.69, 9.17) is 0 Å². The predicted octanol–water partition coefficient (Wildman–Crippen LogP) is 4.85. The third-order valence-electron chi connectivity index (χ3n) is 8.03. The van der Waals surface area contributed by atoms with E-state index in [-0.39, 0.29) is 79.8 Å². The van der Waals surface area contributed by atoms with Crippen LogP contribution in [0.5, 0.6) is 0 Å². The van der Waals surface area contributed by atoms with Crippen LogP contribution >= 0.6 is 36.2 Å². The molecule has 1 aliphatic heterocycles. The first-order valence-electron chi connectivity index (χ1n) is 15.7. The number of amides is 2. The lowest BCUT2D eigenvalue weighted by molar-refractivity contribution is -0.125. The summed E-state index contributed by atoms with van der Waals surface area (Å²) in [7, 11) is -4.14. The van der Waals surface area contributed by atoms with Crippen molar-refractivity contribution in [2.24, 2.45) is 11.3 Å². The summed E-state index contributed by atoms with van der Waals surface area (Å²) in [6, 6.07) is 14.1. The number of likely N-dealkylation sites (tertiary alicyclic amines) is 1. The van der Waals surface area contributed by atoms with E-state index in [2.05, 4.69) is 20.5 Å². The Labute approximate surface area is 295 Å². The summed E-state index contributed by atoms with van der Waals surface area (Å²) in [5.41, 5.74) is 0.850. The second kappa shape index (κ2) is 17.9. The first-order valence-corrected chi connectivity index (χ1v) is 18.0. The number of thiazole rings is 1. The summed E-state index contributed by atoms with van der Waals surface area (Å²) >= 11 is 1.36. The van der Waals surface area contributed by atoms with Crippen molar-refractivity contribution in [2.75, 3.05) is 39.3 Å². The van der Waals surface area contributed by atoms with Crippen molar-refractivity contribution in [3.05, 3.63) is 59.6 Å². The summed E-state index contributed by atoms with van der Waals surface area (Å²) in [6.07, 6.45) is 2.42. The summed E-state index contributed by atoms with van der Waals surface area (Å²) < 4.78 is 30.4. The van der Waals surface area contributed by atoms with Crippen molar-refractivity contribution in [3.63, 3.8) is 0 Å². The second-order valence-corrected chi connectivity index (χ2v) is 16.0. The van der Waals surface area contributed by atoms with Gasteiger partial charge in [0.05, 0.1) is 27.2 Å². The van der Waals surface area contributed by atoms with E-state index in [9.17, 15) is 23.1 Å². The third-order valence-corrected chi connectivity index (χ3v) is 10.7. The third kappa shape index (κ3) is 11.7. The van der Waals surface area contributed by atoms with Gasteiger partial charge in [-0.2, -0.15) is 4.31 Å². The fourth-order valence-electron chi connectivity index (χ4n) is 5.67. The van der Waals surface area contributed by atoms with Crippen LogP contribution in [0.3, 0.4) is 0 Å². The van der Waals surface area contributed by atoms with Crippen LogP contribution in [-0.4, -0.2) is 84.5 Å². The molecule has 3 aromatic rings. The number of rotatable bonds is 16. The van der Waals surface area contributed by atoms with Gasteiger partial charge in [0.2, 0.25) is 21.8 Å². The minimum atomic E-state index is -4.14. The number of nitrogens with one attached hydrogen (secondary N) is 2. The van der Waals surface area contributed by atoms with Crippen molar-refractivity contribution in [3.8, 4) is 0 Å². The monoisotopic (exact) mass is 729 g/mol. The molecule has 1 atom stereocenters. The molecule has 3 N–H and O–H groups in total. The van der Waals surface area contributed by atoms with Gasteiger partial charge in [0.25, 0.3) is 0 Å². The van der Waals surface area contributed by atoms with Gasteiger partial charge in [-0.15, -0.1) is 36.2 Å². The van der Waals surface area contributed by atoms with E-state index in [1.165, 1.54) is 21.7 Å². The molecule has 2 amide bonds. The molecule has 1 unspecified atom stereocenters. The molecule has 1 aromatic heterocycles. The summed E-state index contributed by atoms with van der Waals surface area (Å²) in [5.74, 6) is -0.354. The maximum Gasteiger partial charge on any atom is 0.245 e. The largest absolute Gasteiger partial charge is 0.374 e. The molecule has 0 bridgehead atoms. The van der Waals surface area contributed by atoms with Crippen molar-refractivity contribution in [2.45, 2.75) is 70.4 Å². The van der Waals surface area contributed by atoms with Gasteiger partial charge in [-0.1, -0.05) is 58.0 Å². The van der Waals surface area contributed by atoms with E-state index >= 15 is 0 Å². The summed E-state index contributed by atoms with van der Waals surface area (Å²) in [5, 5.41) is 18.1. The van der Waals surface area contributed by atoms with Gasteiger partial charge in [-0.3, -0.25) is 14.5 Å². The molecule has 14 heteroatoms. The number of fused-ring (bicyclic) bond motifs is 1. The number of hydrogen-bond acceptors (Lipinski definition) is 8. The van der Waals surface area contributed by atoms with Crippen LogP contribution in [0.25, 0.3) is 10.2 Å². The van der Waals surface area contributed by atoms with Crippen molar-refractivity contribution in [1.29, 1.82) is 0 Å². The van der Waals surface area contributed by atoms with E-state index in [1.54, 1.807) is 17.6 Å². The van der Waals surface area contributed by atoms with Gasteiger partial charge in [0.15, 0.2) is 0 Å². The molecule has 10 nitrogen and oxygen atoms in total. The first kappa shape index (κ1) is 40.9. The average Bonchev–Trinajstić information content (AvgIpc) is 3.67. The maximum absolute atomic E-state index is 14.2. The lowest BCUT2D eigenvalue weighted by Crippen LogP contribution is -2.55. The highest BCUT2D eigenvalue weighted by atomic mass is 35.5. The molecule has 2 heterocycles. The number of halogens is 2. The Morgan fingerprint density at radius 2 is 1.72 bits per heavy atom. The molecule has 0 aliphatic carbocycles. The van der Waals surface area contributed by atoms with Gasteiger partial charge >= 0.3 is 0 Å². The highest BCUT2D eigenvalue weighted by Crippen LogP contribution is 2.32. The Balaban J connectivity index is 0.00000384. The molecule has 0 spiro atoms. The Morgan fingerprint density at radius 1 is 1.04 bits per heavy atom. The highest BCUT2D eigenvalue weighted by molar-refractivity contribution is 7.89. The molecule has 0 radical (unpaired) electrons. The number of carbonyl (C=O) groups is 2. The first-order chi connectivity index (χ1) is 21.3. The van der Waals surface area contributed by atoms with Gasteiger partial charge in [0, 0.05) is 38.9 Å². The van der Waals surface area contributed by atoms with Crippen LogP contribution in [0, 0.1) is 11.3 Å². The van der Waals surface area contributed by atoms with E-state index in [0.29, 0.717) is 18.6 Å². The molecular formula is C33H49Cl2N5O5S2. The lowest BCUT2D eigenvalue weighted by atomic mass is 9.88. The van der Waals surface area contributed by atoms with Gasteiger partial charge in [0.1, 0.15) is 5.72 Å². The summed E-state index contributed by atoms with van der Waals surface area (Å²) in [6.45, 7) is 10.4. The smallest absolute Gasteiger partial charge is 0.245 e. The minimum absolute atomic E-state index is 0. The Hall–Kier alpha value is -2.32. The zero-order chi connectivity index (χ0) is 32.7. The summed E-state index contributed by atoms with van der Waals surface area (Å²) in [4.78, 5) is 31.9. The molecule has 1 fully saturated rings. The fraction of sp³-hybridized carbons (Fsp3) is 0.545. The molecular weight excluding hydrogens is 681 g/mol. The topological polar surface area (TPSA) is 132 Å². The fourth-order valence-corrected chi connectivity index (χ4v) is 8.32. The zero-order valence-electron chi connectivity index (χ0n) is 27.6. The Morgan fingerprint density at radius 3 is 2.38 bits per heavy atom. The van der Waals surface area contributed by atoms with Gasteiger partial charge < -0.3 is 15.7 Å². The highest BCUT2D eigenvalue weighted by Gasteiger charge is 2.43. The predicted molar refractivity (Wildman–Crippen MR) is 193 cm³/mol. The van der Waals surface area contributed by atoms with Crippen LogP contribution in [0.4, 0.5) is 0 Å². The minimum Gasteiger partial charge on any atom is -0.374 e. The normalized spacial score (nSPS) is 15.2. The number of benzene rings is 2. The molecule has 2 aromatic carbocycles. The van der Waals surface area contributed by atoms with Crippen molar-refractivity contribution in [1.82, 2.24) is 24.8 Å². The zero-order valence-corrected chi connectivity index (χ0v) is 30.9. The molecule has 4 rings (SSSR count). The van der Waals surface area contributed by atoms with Crippen LogP contribution in [0.1, 0.15) is 58.9 Å². The lowest BCUT2D eigenvalue weighted by Gasteiger charge is -2.40. The SMILES string of the molecule is CC(C)CN(C(O)(CCNC(=O)CC(C)(C)CNC(=O)CN1CCCC1)Cc1ccccc1)S(=O)(=O)c1ccc2ncsc2c1.Cl.Cl. The van der Waals surface area contributed by atoms with Crippen LogP contribution in [-0.2, 0) is 26.0 Å². The molecule has 47 heavy (non-hydrogen) atoms. The number of nitrogens with zero attached hydrogens (tertiary/aromatic N) is 3. The van der Waals surface area contributed by atoms with Crippen LogP contribution < -0.4 is 10.6 Å². The van der Waals surface area contributed by atoms with E-state index < -0.39 is 21.2 Å². The van der Waals surface area contributed by atoms with Gasteiger partial charge in [-0.05, 0) is 61.0 Å². The molecule has 1 saturated heterocycles. The number of hydrogen-bond donors (Lipinski definition) is 3. The van der Waals surface area contributed by atoms with E-state index in [1.807, 2.05) is 58.0 Å². The standard InChI is InChI=1S/C33H47N5O5S2.2ClH/c1-25(2)21-38(45(42,43)27-12-13-28-29(18-27)44-24-36-28)33(41,19-26-10-6-5-7-11-26)14-15-34-30(39)20-32(3,4)23-35-31(40)22-37-16-8-9-17-37;;/h5-7,10-13,18,24-25,41H,8-9,14-17,19-23H2,1-4H3,(H,34,39)(H,35,40);2*1H. The maximum atomic E-state index is 14.2. The van der Waals surface area contributed by atoms with Crippen LogP contribution in [0.15, 0.2) is 58.9 Å². The second-order valence-electron chi connectivity index (χ2n) is 13.3. The number of aromatic nitrogens is 1. The van der Waals surface area contributed by atoms with E-state index in [0.717, 1.165) is 36.2 Å². The van der Waals surface area contributed by atoms with Crippen LogP contribution in [0.2, 0.25) is 0 Å². The molecule has 1 aliphatic rings. The van der Waals surface area contributed by atoms with Crippen molar-refractivity contribution >= 4 is 68.2 Å². The Kier molecular flexibility index (Phi) is 15.6. The average molecular weight is 731 g/mol. The molecule has 0 saturated carbocycles. The number of aliphatic hydroxyl groups is 1. The quantitative estimate of drug-likeness (QED) is 0.180. The Bertz CT molecular complexity index is 1550. The molecule has 262 valence electrons. The van der Waals surface area contributed by atoms with Crippen molar-refractivity contribution < 1.29 is 23.1 Å².